The van der Waals surface area contributed by atoms with Gasteiger partial charge in [-0.05, 0) is 17.7 Å². The molecule has 0 spiro atoms. The van der Waals surface area contributed by atoms with Crippen LogP contribution in [-0.4, -0.2) is 36.0 Å². The molecule has 1 aliphatic heterocycles. The molecule has 20 heavy (non-hydrogen) atoms. The Morgan fingerprint density at radius 3 is 2.60 bits per heavy atom. The van der Waals surface area contributed by atoms with Gasteiger partial charge in [-0.15, -0.1) is 0 Å². The topological polar surface area (TPSA) is 33.1 Å². The van der Waals surface area contributed by atoms with Crippen molar-refractivity contribution in [3.05, 3.63) is 47.5 Å². The van der Waals surface area contributed by atoms with Crippen LogP contribution in [0.5, 0.6) is 0 Å². The van der Waals surface area contributed by atoms with Crippen molar-refractivity contribution >= 4 is 5.69 Å². The van der Waals surface area contributed by atoms with Crippen LogP contribution < -0.4 is 10.2 Å². The molecule has 2 aromatic rings. The van der Waals surface area contributed by atoms with Crippen LogP contribution in [0.2, 0.25) is 0 Å². The van der Waals surface area contributed by atoms with Gasteiger partial charge in [0.2, 0.25) is 0 Å². The number of anilines is 1. The number of nitrogens with one attached hydrogen (secondary N) is 1. The highest BCUT2D eigenvalue weighted by Crippen LogP contribution is 2.23. The van der Waals surface area contributed by atoms with Gasteiger partial charge in [-0.3, -0.25) is 4.68 Å². The number of hydrogen-bond donors (Lipinski definition) is 1. The Morgan fingerprint density at radius 1 is 1.20 bits per heavy atom. The van der Waals surface area contributed by atoms with Crippen LogP contribution in [-0.2, 0) is 13.5 Å². The van der Waals surface area contributed by atoms with Crippen LogP contribution in [0.15, 0.2) is 30.5 Å². The van der Waals surface area contributed by atoms with Crippen LogP contribution in [0.25, 0.3) is 0 Å². The van der Waals surface area contributed by atoms with Gasteiger partial charge in [-0.1, -0.05) is 12.1 Å². The number of aromatic nitrogens is 2. The zero-order valence-electron chi connectivity index (χ0n) is 11.6. The maximum Gasteiger partial charge on any atom is 0.123 e. The van der Waals surface area contributed by atoms with Crippen LogP contribution in [0.1, 0.15) is 11.3 Å². The minimum Gasteiger partial charge on any atom is -0.366 e. The maximum atomic E-state index is 13.0. The standard InChI is InChI=1S/C15H19FN4/c1-19-14(10-12-2-4-13(16)5-3-12)15(11-18-19)20-8-6-17-7-9-20/h2-5,11,17H,6-10H2,1H3. The first-order chi connectivity index (χ1) is 9.74. The Bertz CT molecular complexity index is 570. The molecule has 106 valence electrons. The molecule has 3 rings (SSSR count). The molecule has 2 heterocycles. The fourth-order valence-corrected chi connectivity index (χ4v) is 2.62. The lowest BCUT2D eigenvalue weighted by atomic mass is 10.1. The molecular formula is C15H19FN4. The number of rotatable bonds is 3. The van der Waals surface area contributed by atoms with E-state index in [9.17, 15) is 4.39 Å². The van der Waals surface area contributed by atoms with Crippen LogP contribution in [0, 0.1) is 5.82 Å². The van der Waals surface area contributed by atoms with Crippen LogP contribution in [0.4, 0.5) is 10.1 Å². The average molecular weight is 274 g/mol. The average Bonchev–Trinajstić information content (AvgIpc) is 2.84. The molecule has 0 amide bonds. The van der Waals surface area contributed by atoms with Crippen molar-refractivity contribution in [2.75, 3.05) is 31.1 Å². The van der Waals surface area contributed by atoms with Crippen molar-refractivity contribution < 1.29 is 4.39 Å². The summed E-state index contributed by atoms with van der Waals surface area (Å²) >= 11 is 0. The third kappa shape index (κ3) is 2.67. The van der Waals surface area contributed by atoms with Crippen LogP contribution >= 0.6 is 0 Å². The summed E-state index contributed by atoms with van der Waals surface area (Å²) in [5.74, 6) is -0.193. The molecule has 1 aromatic heterocycles. The first-order valence-corrected chi connectivity index (χ1v) is 6.95. The van der Waals surface area contributed by atoms with E-state index in [0.29, 0.717) is 0 Å². The summed E-state index contributed by atoms with van der Waals surface area (Å²) in [6.07, 6.45) is 2.71. The molecule has 0 atom stereocenters. The van der Waals surface area contributed by atoms with Crippen molar-refractivity contribution in [3.8, 4) is 0 Å². The lowest BCUT2D eigenvalue weighted by Gasteiger charge is -2.29. The molecule has 1 aliphatic rings. The van der Waals surface area contributed by atoms with Gasteiger partial charge in [-0.2, -0.15) is 5.10 Å². The minimum atomic E-state index is -0.193. The van der Waals surface area contributed by atoms with E-state index in [-0.39, 0.29) is 5.82 Å². The molecule has 1 saturated heterocycles. The summed E-state index contributed by atoms with van der Waals surface area (Å²) in [5.41, 5.74) is 3.48. The third-order valence-corrected chi connectivity index (χ3v) is 3.78. The fraction of sp³-hybridized carbons (Fsp3) is 0.400. The van der Waals surface area contributed by atoms with E-state index in [1.165, 1.54) is 23.5 Å². The molecule has 0 saturated carbocycles. The summed E-state index contributed by atoms with van der Waals surface area (Å²) in [4.78, 5) is 2.36. The van der Waals surface area contributed by atoms with Crippen molar-refractivity contribution in [2.45, 2.75) is 6.42 Å². The summed E-state index contributed by atoms with van der Waals surface area (Å²) in [6, 6.07) is 6.69. The molecule has 0 bridgehead atoms. The molecular weight excluding hydrogens is 255 g/mol. The van der Waals surface area contributed by atoms with Gasteiger partial charge in [0, 0.05) is 39.6 Å². The highest BCUT2D eigenvalue weighted by Gasteiger charge is 2.17. The lowest BCUT2D eigenvalue weighted by molar-refractivity contribution is 0.587. The minimum absolute atomic E-state index is 0.193. The first-order valence-electron chi connectivity index (χ1n) is 6.95. The molecule has 0 aliphatic carbocycles. The zero-order chi connectivity index (χ0) is 13.9. The summed E-state index contributed by atoms with van der Waals surface area (Å²) in [6.45, 7) is 4.01. The Hall–Kier alpha value is -1.88. The second kappa shape index (κ2) is 5.63. The maximum absolute atomic E-state index is 13.0. The van der Waals surface area contributed by atoms with Crippen molar-refractivity contribution in [3.63, 3.8) is 0 Å². The second-order valence-corrected chi connectivity index (χ2v) is 5.14. The van der Waals surface area contributed by atoms with Gasteiger partial charge >= 0.3 is 0 Å². The van der Waals surface area contributed by atoms with Crippen molar-refractivity contribution in [1.29, 1.82) is 0 Å². The molecule has 1 fully saturated rings. The van der Waals surface area contributed by atoms with Gasteiger partial charge in [0.15, 0.2) is 0 Å². The molecule has 4 nitrogen and oxygen atoms in total. The Morgan fingerprint density at radius 2 is 1.90 bits per heavy atom. The van der Waals surface area contributed by atoms with Gasteiger partial charge in [0.1, 0.15) is 5.82 Å². The third-order valence-electron chi connectivity index (χ3n) is 3.78. The Labute approximate surface area is 118 Å². The quantitative estimate of drug-likeness (QED) is 0.922. The molecule has 1 aromatic carbocycles. The summed E-state index contributed by atoms with van der Waals surface area (Å²) in [5, 5.41) is 7.74. The number of nitrogens with zero attached hydrogens (tertiary/aromatic N) is 3. The zero-order valence-corrected chi connectivity index (χ0v) is 11.6. The predicted molar refractivity (Wildman–Crippen MR) is 77.5 cm³/mol. The number of aryl methyl sites for hydroxylation is 1. The van der Waals surface area contributed by atoms with Gasteiger partial charge in [0.25, 0.3) is 0 Å². The van der Waals surface area contributed by atoms with E-state index in [1.54, 1.807) is 0 Å². The monoisotopic (exact) mass is 274 g/mol. The smallest absolute Gasteiger partial charge is 0.123 e. The summed E-state index contributed by atoms with van der Waals surface area (Å²) < 4.78 is 14.9. The number of halogens is 1. The second-order valence-electron chi connectivity index (χ2n) is 5.14. The largest absolute Gasteiger partial charge is 0.366 e. The molecule has 0 radical (unpaired) electrons. The number of hydrogen-bond acceptors (Lipinski definition) is 3. The van der Waals surface area contributed by atoms with E-state index in [2.05, 4.69) is 15.3 Å². The van der Waals surface area contributed by atoms with E-state index < -0.39 is 0 Å². The van der Waals surface area contributed by atoms with E-state index in [4.69, 9.17) is 0 Å². The van der Waals surface area contributed by atoms with E-state index >= 15 is 0 Å². The van der Waals surface area contributed by atoms with Crippen molar-refractivity contribution in [1.82, 2.24) is 15.1 Å². The molecule has 5 heteroatoms. The van der Waals surface area contributed by atoms with Gasteiger partial charge in [0.05, 0.1) is 17.6 Å². The number of benzene rings is 1. The first kappa shape index (κ1) is 13.1. The Kier molecular flexibility index (Phi) is 3.69. The fourth-order valence-electron chi connectivity index (χ4n) is 2.62. The van der Waals surface area contributed by atoms with E-state index in [1.807, 2.05) is 30.1 Å². The number of piperazine rings is 1. The highest BCUT2D eigenvalue weighted by molar-refractivity contribution is 5.51. The van der Waals surface area contributed by atoms with Gasteiger partial charge in [-0.25, -0.2) is 4.39 Å². The van der Waals surface area contributed by atoms with Crippen LogP contribution in [0.3, 0.4) is 0 Å². The predicted octanol–water partition coefficient (Wildman–Crippen LogP) is 1.56. The van der Waals surface area contributed by atoms with Gasteiger partial charge < -0.3 is 10.2 Å². The van der Waals surface area contributed by atoms with E-state index in [0.717, 1.165) is 38.2 Å². The highest BCUT2D eigenvalue weighted by atomic mass is 19.1. The normalized spacial score (nSPS) is 15.6. The lowest BCUT2D eigenvalue weighted by Crippen LogP contribution is -2.43. The molecule has 1 N–H and O–H groups in total. The van der Waals surface area contributed by atoms with Crippen molar-refractivity contribution in [2.24, 2.45) is 7.05 Å². The Balaban J connectivity index is 1.84. The molecule has 0 unspecified atom stereocenters. The summed E-state index contributed by atoms with van der Waals surface area (Å²) in [7, 11) is 1.96. The SMILES string of the molecule is Cn1ncc(N2CCNCC2)c1Cc1ccc(F)cc1.